The maximum absolute atomic E-state index is 12.1. The number of hydrogen-bond acceptors (Lipinski definition) is 3. The molecule has 0 unspecified atom stereocenters. The SMILES string of the molecule is COCCCNC(=O)c1c(C)cc(C)cc1OC. The summed E-state index contributed by atoms with van der Waals surface area (Å²) < 4.78 is 10.2. The molecule has 0 aliphatic heterocycles. The van der Waals surface area contributed by atoms with Gasteiger partial charge in [0.2, 0.25) is 0 Å². The van der Waals surface area contributed by atoms with Gasteiger partial charge in [0.05, 0.1) is 12.7 Å². The molecule has 0 saturated heterocycles. The van der Waals surface area contributed by atoms with Crippen LogP contribution in [0.5, 0.6) is 5.75 Å². The lowest BCUT2D eigenvalue weighted by atomic mass is 10.0. The Balaban J connectivity index is 2.78. The average Bonchev–Trinajstić information content (AvgIpc) is 2.33. The second-order valence-electron chi connectivity index (χ2n) is 4.26. The fourth-order valence-electron chi connectivity index (χ4n) is 1.89. The van der Waals surface area contributed by atoms with Crippen LogP contribution in [0.1, 0.15) is 27.9 Å². The Labute approximate surface area is 108 Å². The monoisotopic (exact) mass is 251 g/mol. The number of rotatable bonds is 6. The molecule has 4 nitrogen and oxygen atoms in total. The molecule has 0 aliphatic rings. The molecule has 1 amide bonds. The molecule has 1 aromatic carbocycles. The minimum Gasteiger partial charge on any atom is -0.496 e. The number of ether oxygens (including phenoxy) is 2. The van der Waals surface area contributed by atoms with Gasteiger partial charge in [-0.2, -0.15) is 0 Å². The van der Waals surface area contributed by atoms with E-state index in [1.54, 1.807) is 14.2 Å². The first-order valence-corrected chi connectivity index (χ1v) is 6.02. The predicted molar refractivity (Wildman–Crippen MR) is 71.3 cm³/mol. The molecule has 0 fully saturated rings. The zero-order valence-corrected chi connectivity index (χ0v) is 11.5. The van der Waals surface area contributed by atoms with Gasteiger partial charge in [0.25, 0.3) is 5.91 Å². The van der Waals surface area contributed by atoms with E-state index in [0.717, 1.165) is 17.5 Å². The molecule has 0 spiro atoms. The molecular formula is C14H21NO3. The van der Waals surface area contributed by atoms with Crippen LogP contribution in [-0.2, 0) is 4.74 Å². The number of carbonyl (C=O) groups excluding carboxylic acids is 1. The number of amides is 1. The normalized spacial score (nSPS) is 10.2. The molecule has 4 heteroatoms. The number of hydrogen-bond donors (Lipinski definition) is 1. The van der Waals surface area contributed by atoms with Crippen LogP contribution in [0.2, 0.25) is 0 Å². The summed E-state index contributed by atoms with van der Waals surface area (Å²) in [4.78, 5) is 12.1. The van der Waals surface area contributed by atoms with Crippen molar-refractivity contribution in [1.29, 1.82) is 0 Å². The van der Waals surface area contributed by atoms with Crippen molar-refractivity contribution in [1.82, 2.24) is 5.32 Å². The molecule has 100 valence electrons. The smallest absolute Gasteiger partial charge is 0.255 e. The zero-order valence-electron chi connectivity index (χ0n) is 11.5. The van der Waals surface area contributed by atoms with Crippen LogP contribution in [0.15, 0.2) is 12.1 Å². The fraction of sp³-hybridized carbons (Fsp3) is 0.500. The van der Waals surface area contributed by atoms with Gasteiger partial charge in [0.15, 0.2) is 0 Å². The van der Waals surface area contributed by atoms with E-state index < -0.39 is 0 Å². The molecule has 1 N–H and O–H groups in total. The average molecular weight is 251 g/mol. The van der Waals surface area contributed by atoms with Gasteiger partial charge < -0.3 is 14.8 Å². The molecule has 0 heterocycles. The largest absolute Gasteiger partial charge is 0.496 e. The Morgan fingerprint density at radius 1 is 1.28 bits per heavy atom. The van der Waals surface area contributed by atoms with E-state index in [4.69, 9.17) is 9.47 Å². The third-order valence-corrected chi connectivity index (χ3v) is 2.70. The number of benzene rings is 1. The van der Waals surface area contributed by atoms with Crippen LogP contribution in [0.25, 0.3) is 0 Å². The second kappa shape index (κ2) is 7.01. The van der Waals surface area contributed by atoms with Crippen molar-refractivity contribution in [3.05, 3.63) is 28.8 Å². The first-order valence-electron chi connectivity index (χ1n) is 6.02. The van der Waals surface area contributed by atoms with E-state index in [2.05, 4.69) is 5.32 Å². The van der Waals surface area contributed by atoms with Crippen LogP contribution < -0.4 is 10.1 Å². The molecular weight excluding hydrogens is 230 g/mol. The standard InChI is InChI=1S/C14H21NO3/c1-10-8-11(2)13(12(9-10)18-4)14(16)15-6-5-7-17-3/h8-9H,5-7H2,1-4H3,(H,15,16). The zero-order chi connectivity index (χ0) is 13.5. The van der Waals surface area contributed by atoms with E-state index >= 15 is 0 Å². The third-order valence-electron chi connectivity index (χ3n) is 2.70. The lowest BCUT2D eigenvalue weighted by Gasteiger charge is -2.13. The summed E-state index contributed by atoms with van der Waals surface area (Å²) in [5.41, 5.74) is 2.62. The van der Waals surface area contributed by atoms with E-state index in [9.17, 15) is 4.79 Å². The Morgan fingerprint density at radius 2 is 2.00 bits per heavy atom. The van der Waals surface area contributed by atoms with Gasteiger partial charge in [-0.25, -0.2) is 0 Å². The van der Waals surface area contributed by atoms with Gasteiger partial charge in [-0.1, -0.05) is 6.07 Å². The van der Waals surface area contributed by atoms with Gasteiger partial charge in [-0.15, -0.1) is 0 Å². The fourth-order valence-corrected chi connectivity index (χ4v) is 1.89. The number of carbonyl (C=O) groups is 1. The van der Waals surface area contributed by atoms with Crippen molar-refractivity contribution < 1.29 is 14.3 Å². The van der Waals surface area contributed by atoms with Crippen molar-refractivity contribution in [3.63, 3.8) is 0 Å². The Morgan fingerprint density at radius 3 is 2.61 bits per heavy atom. The first-order chi connectivity index (χ1) is 8.60. The molecule has 0 atom stereocenters. The van der Waals surface area contributed by atoms with E-state index in [-0.39, 0.29) is 5.91 Å². The summed E-state index contributed by atoms with van der Waals surface area (Å²) in [5, 5.41) is 2.87. The second-order valence-corrected chi connectivity index (χ2v) is 4.26. The van der Waals surface area contributed by atoms with Crippen molar-refractivity contribution in [2.45, 2.75) is 20.3 Å². The highest BCUT2D eigenvalue weighted by molar-refractivity contribution is 5.98. The van der Waals surface area contributed by atoms with Crippen molar-refractivity contribution in [2.24, 2.45) is 0 Å². The highest BCUT2D eigenvalue weighted by Crippen LogP contribution is 2.23. The van der Waals surface area contributed by atoms with Crippen molar-refractivity contribution in [3.8, 4) is 5.75 Å². The molecule has 0 aliphatic carbocycles. The van der Waals surface area contributed by atoms with Crippen LogP contribution >= 0.6 is 0 Å². The Bertz CT molecular complexity index is 416. The summed E-state index contributed by atoms with van der Waals surface area (Å²) in [5.74, 6) is 0.525. The van der Waals surface area contributed by atoms with E-state index in [0.29, 0.717) is 24.5 Å². The molecule has 0 aromatic heterocycles. The van der Waals surface area contributed by atoms with E-state index in [1.165, 1.54) is 0 Å². The van der Waals surface area contributed by atoms with Crippen LogP contribution in [0.4, 0.5) is 0 Å². The van der Waals surface area contributed by atoms with Gasteiger partial charge >= 0.3 is 0 Å². The van der Waals surface area contributed by atoms with Crippen LogP contribution in [0.3, 0.4) is 0 Å². The lowest BCUT2D eigenvalue weighted by Crippen LogP contribution is -2.26. The maximum atomic E-state index is 12.1. The van der Waals surface area contributed by atoms with Crippen LogP contribution in [0, 0.1) is 13.8 Å². The summed E-state index contributed by atoms with van der Waals surface area (Å²) in [6.45, 7) is 5.14. The lowest BCUT2D eigenvalue weighted by molar-refractivity contribution is 0.0945. The van der Waals surface area contributed by atoms with Crippen molar-refractivity contribution >= 4 is 5.91 Å². The summed E-state index contributed by atoms with van der Waals surface area (Å²) >= 11 is 0. The topological polar surface area (TPSA) is 47.6 Å². The first kappa shape index (κ1) is 14.5. The van der Waals surface area contributed by atoms with Gasteiger partial charge in [-0.3, -0.25) is 4.79 Å². The van der Waals surface area contributed by atoms with Gasteiger partial charge in [-0.05, 0) is 37.5 Å². The van der Waals surface area contributed by atoms with Crippen molar-refractivity contribution in [2.75, 3.05) is 27.4 Å². The molecule has 1 rings (SSSR count). The molecule has 1 aromatic rings. The summed E-state index contributed by atoms with van der Waals surface area (Å²) in [6, 6.07) is 3.85. The summed E-state index contributed by atoms with van der Waals surface area (Å²) in [7, 11) is 3.23. The number of aryl methyl sites for hydroxylation is 2. The Kier molecular flexibility index (Phi) is 5.65. The molecule has 0 bridgehead atoms. The number of nitrogens with one attached hydrogen (secondary N) is 1. The highest BCUT2D eigenvalue weighted by atomic mass is 16.5. The molecule has 0 radical (unpaired) electrons. The maximum Gasteiger partial charge on any atom is 0.255 e. The molecule has 0 saturated carbocycles. The quantitative estimate of drug-likeness (QED) is 0.787. The van der Waals surface area contributed by atoms with Gasteiger partial charge in [0, 0.05) is 20.3 Å². The molecule has 18 heavy (non-hydrogen) atoms. The van der Waals surface area contributed by atoms with E-state index in [1.807, 2.05) is 26.0 Å². The summed E-state index contributed by atoms with van der Waals surface area (Å²) in [6.07, 6.45) is 0.801. The highest BCUT2D eigenvalue weighted by Gasteiger charge is 2.15. The van der Waals surface area contributed by atoms with Gasteiger partial charge in [0.1, 0.15) is 5.75 Å². The third kappa shape index (κ3) is 3.74. The Hall–Kier alpha value is -1.55. The minimum atomic E-state index is -0.0968. The predicted octanol–water partition coefficient (Wildman–Crippen LogP) is 2.08. The minimum absolute atomic E-state index is 0.0968. The number of methoxy groups -OCH3 is 2. The van der Waals surface area contributed by atoms with Crippen LogP contribution in [-0.4, -0.2) is 33.3 Å².